The van der Waals surface area contributed by atoms with Crippen LogP contribution < -0.4 is 9.80 Å². The number of amides is 3. The van der Waals surface area contributed by atoms with Crippen molar-refractivity contribution < 1.29 is 36.6 Å². The molecule has 360 valence electrons. The molecular formula is C48H50F3N11O5S2. The monoisotopic (exact) mass is 981 g/mol. The van der Waals surface area contributed by atoms with Gasteiger partial charge in [-0.05, 0) is 61.0 Å². The maximum absolute atomic E-state index is 15.5. The first-order valence-corrected chi connectivity index (χ1v) is 24.5. The van der Waals surface area contributed by atoms with Crippen molar-refractivity contribution in [1.82, 2.24) is 44.9 Å². The van der Waals surface area contributed by atoms with Crippen molar-refractivity contribution in [2.24, 2.45) is 0 Å². The molecule has 3 aromatic carbocycles. The lowest BCUT2D eigenvalue weighted by Crippen LogP contribution is -2.69. The SMILES string of the molecule is Cc1cccc(N2CCN(C(=O)c3ccccc3SCc3noc(C)n3)CC2C(=O)N2CCN(c3ccc(C(F)(F)F)cn3)CC2N2CCN(C(=O)c3ccccc3SCc3noc(C)n3)CC2)c1. The normalized spacial score (nSPS) is 18.2. The van der Waals surface area contributed by atoms with Gasteiger partial charge in [-0.3, -0.25) is 19.3 Å². The second-order valence-corrected chi connectivity index (χ2v) is 19.1. The molecule has 16 nitrogen and oxygen atoms in total. The molecule has 3 amide bonds. The molecule has 3 fully saturated rings. The van der Waals surface area contributed by atoms with Gasteiger partial charge in [-0.2, -0.15) is 23.1 Å². The van der Waals surface area contributed by atoms with Gasteiger partial charge >= 0.3 is 6.18 Å². The lowest BCUT2D eigenvalue weighted by Gasteiger charge is -2.51. The van der Waals surface area contributed by atoms with Crippen LogP contribution in [0.25, 0.3) is 0 Å². The van der Waals surface area contributed by atoms with Gasteiger partial charge in [0.05, 0.1) is 41.3 Å². The fourth-order valence-electron chi connectivity index (χ4n) is 8.96. The maximum atomic E-state index is 15.5. The summed E-state index contributed by atoms with van der Waals surface area (Å²) in [4.78, 5) is 70.2. The molecule has 2 atom stereocenters. The highest BCUT2D eigenvalue weighted by Gasteiger charge is 2.44. The van der Waals surface area contributed by atoms with E-state index in [0.717, 1.165) is 33.3 Å². The number of aryl methyl sites for hydroxylation is 3. The Morgan fingerprint density at radius 2 is 1.29 bits per heavy atom. The van der Waals surface area contributed by atoms with Crippen molar-refractivity contribution in [3.63, 3.8) is 0 Å². The third-order valence-electron chi connectivity index (χ3n) is 12.4. The molecule has 21 heteroatoms. The number of benzene rings is 3. The molecule has 0 radical (unpaired) electrons. The summed E-state index contributed by atoms with van der Waals surface area (Å²) in [6.45, 7) is 8.65. The molecule has 0 spiro atoms. The van der Waals surface area contributed by atoms with Crippen LogP contribution in [0, 0.1) is 20.8 Å². The Kier molecular flexibility index (Phi) is 14.2. The van der Waals surface area contributed by atoms with Crippen LogP contribution >= 0.6 is 23.5 Å². The van der Waals surface area contributed by atoms with Crippen LogP contribution in [-0.2, 0) is 22.5 Å². The van der Waals surface area contributed by atoms with Gasteiger partial charge in [0.25, 0.3) is 11.8 Å². The van der Waals surface area contributed by atoms with Crippen molar-refractivity contribution in [2.75, 3.05) is 75.2 Å². The number of aromatic nitrogens is 5. The van der Waals surface area contributed by atoms with E-state index >= 15 is 4.79 Å². The van der Waals surface area contributed by atoms with Crippen LogP contribution in [0.3, 0.4) is 0 Å². The fraction of sp³-hybridized carbons (Fsp3) is 0.375. The van der Waals surface area contributed by atoms with Crippen molar-refractivity contribution in [3.8, 4) is 0 Å². The van der Waals surface area contributed by atoms with E-state index in [1.54, 1.807) is 24.8 Å². The van der Waals surface area contributed by atoms with E-state index < -0.39 is 23.9 Å². The zero-order valence-electron chi connectivity index (χ0n) is 38.2. The van der Waals surface area contributed by atoms with Gasteiger partial charge in [0, 0.05) is 87.9 Å². The number of halogens is 3. The second kappa shape index (κ2) is 20.6. The van der Waals surface area contributed by atoms with Crippen molar-refractivity contribution >= 4 is 52.8 Å². The zero-order chi connectivity index (χ0) is 48.2. The fourth-order valence-corrected chi connectivity index (χ4v) is 10.7. The van der Waals surface area contributed by atoms with Crippen LogP contribution in [0.4, 0.5) is 24.7 Å². The highest BCUT2D eigenvalue weighted by atomic mass is 32.2. The molecular weight excluding hydrogens is 932 g/mol. The lowest BCUT2D eigenvalue weighted by molar-refractivity contribution is -0.141. The van der Waals surface area contributed by atoms with E-state index in [-0.39, 0.29) is 37.4 Å². The van der Waals surface area contributed by atoms with Crippen molar-refractivity contribution in [2.45, 2.75) is 60.5 Å². The minimum atomic E-state index is -4.54. The summed E-state index contributed by atoms with van der Waals surface area (Å²) in [6.07, 6.45) is -4.26. The Hall–Kier alpha value is -6.45. The molecule has 3 aromatic heterocycles. The standard InChI is InChI=1S/C48H50F3N11O5S2/c1-31-9-8-10-35(25-31)61-23-22-60(46(64)37-12-5-7-14-40(37)69-30-42-54-33(3)67-56-42)27-38(61)47(65)62-24-21-59(43-16-15-34(26-52-43)48(49,50)51)28-44(62)57-17-19-58(20-18-57)45(63)36-11-4-6-13-39(36)68-29-41-53-32(2)66-55-41/h4-16,25-26,38,44H,17-24,27-30H2,1-3H3. The van der Waals surface area contributed by atoms with Crippen molar-refractivity contribution in [3.05, 3.63) is 137 Å². The van der Waals surface area contributed by atoms with Gasteiger partial charge in [-0.25, -0.2) is 4.98 Å². The van der Waals surface area contributed by atoms with Crippen LogP contribution in [0.2, 0.25) is 0 Å². The first-order chi connectivity index (χ1) is 33.3. The minimum Gasteiger partial charge on any atom is -0.356 e. The number of hydrogen-bond donors (Lipinski definition) is 0. The molecule has 3 saturated heterocycles. The summed E-state index contributed by atoms with van der Waals surface area (Å²) in [5, 5.41) is 7.99. The largest absolute Gasteiger partial charge is 0.417 e. The first kappa shape index (κ1) is 47.6. The van der Waals surface area contributed by atoms with E-state index in [1.807, 2.05) is 88.4 Å². The molecule has 0 N–H and O–H groups in total. The number of hydrogen-bond acceptors (Lipinski definition) is 15. The Labute approximate surface area is 405 Å². The zero-order valence-corrected chi connectivity index (χ0v) is 39.8. The molecule has 6 aromatic rings. The summed E-state index contributed by atoms with van der Waals surface area (Å²) in [5.74, 6) is 2.63. The number of nitrogens with zero attached hydrogens (tertiary/aromatic N) is 11. The van der Waals surface area contributed by atoms with E-state index in [0.29, 0.717) is 97.7 Å². The maximum Gasteiger partial charge on any atom is 0.417 e. The molecule has 2 unspecified atom stereocenters. The summed E-state index contributed by atoms with van der Waals surface area (Å²) in [6, 6.07) is 24.3. The number of carbonyl (C=O) groups is 3. The van der Waals surface area contributed by atoms with Crippen LogP contribution in [-0.4, -0.2) is 140 Å². The molecule has 69 heavy (non-hydrogen) atoms. The van der Waals surface area contributed by atoms with Gasteiger partial charge in [-0.15, -0.1) is 23.5 Å². The van der Waals surface area contributed by atoms with Gasteiger partial charge in [-0.1, -0.05) is 46.7 Å². The molecule has 0 aliphatic carbocycles. The van der Waals surface area contributed by atoms with Crippen LogP contribution in [0.5, 0.6) is 0 Å². The summed E-state index contributed by atoms with van der Waals surface area (Å²) in [7, 11) is 0. The number of rotatable bonds is 12. The Morgan fingerprint density at radius 3 is 1.86 bits per heavy atom. The molecule has 3 aliphatic heterocycles. The Balaban J connectivity index is 0.972. The number of piperazine rings is 3. The van der Waals surface area contributed by atoms with E-state index in [9.17, 15) is 22.8 Å². The van der Waals surface area contributed by atoms with E-state index in [4.69, 9.17) is 9.05 Å². The number of alkyl halides is 3. The predicted octanol–water partition coefficient (Wildman–Crippen LogP) is 6.84. The number of carbonyl (C=O) groups excluding carboxylic acids is 3. The topological polar surface area (TPSA) is 161 Å². The van der Waals surface area contributed by atoms with Gasteiger partial charge < -0.3 is 33.5 Å². The first-order valence-electron chi connectivity index (χ1n) is 22.6. The van der Waals surface area contributed by atoms with Crippen LogP contribution in [0.1, 0.15) is 55.3 Å². The number of anilines is 2. The van der Waals surface area contributed by atoms with Crippen molar-refractivity contribution in [1.29, 1.82) is 0 Å². The minimum absolute atomic E-state index is 0.105. The highest BCUT2D eigenvalue weighted by Crippen LogP contribution is 2.33. The number of pyridine rings is 1. The van der Waals surface area contributed by atoms with Gasteiger partial charge in [0.15, 0.2) is 11.6 Å². The summed E-state index contributed by atoms with van der Waals surface area (Å²) in [5.41, 5.74) is 2.09. The Morgan fingerprint density at radius 1 is 0.681 bits per heavy atom. The third-order valence-corrected chi connectivity index (χ3v) is 14.6. The summed E-state index contributed by atoms with van der Waals surface area (Å²) < 4.78 is 51.1. The summed E-state index contributed by atoms with van der Waals surface area (Å²) >= 11 is 2.88. The Bertz CT molecular complexity index is 2780. The average Bonchev–Trinajstić information content (AvgIpc) is 4.00. The smallest absolute Gasteiger partial charge is 0.356 e. The van der Waals surface area contributed by atoms with Gasteiger partial charge in [0.2, 0.25) is 17.7 Å². The molecule has 6 heterocycles. The van der Waals surface area contributed by atoms with E-state index in [1.165, 1.54) is 29.6 Å². The van der Waals surface area contributed by atoms with Gasteiger partial charge in [0.1, 0.15) is 18.0 Å². The third kappa shape index (κ3) is 10.9. The number of thioether (sulfide) groups is 2. The second-order valence-electron chi connectivity index (χ2n) is 17.0. The van der Waals surface area contributed by atoms with Crippen LogP contribution in [0.15, 0.2) is 110 Å². The predicted molar refractivity (Wildman–Crippen MR) is 253 cm³/mol. The molecule has 9 rings (SSSR count). The molecule has 3 aliphatic rings. The molecule has 0 saturated carbocycles. The van der Waals surface area contributed by atoms with E-state index in [2.05, 4.69) is 35.1 Å². The molecule has 0 bridgehead atoms. The average molecular weight is 982 g/mol. The highest BCUT2D eigenvalue weighted by molar-refractivity contribution is 7.98. The quantitative estimate of drug-likeness (QED) is 0.117. The lowest BCUT2D eigenvalue weighted by atomic mass is 10.0.